The van der Waals surface area contributed by atoms with E-state index >= 15 is 0 Å². The monoisotopic (exact) mass is 324 g/mol. The van der Waals surface area contributed by atoms with Gasteiger partial charge in [0.2, 0.25) is 0 Å². The van der Waals surface area contributed by atoms with E-state index in [1.54, 1.807) is 13.0 Å². The van der Waals surface area contributed by atoms with E-state index in [0.29, 0.717) is 0 Å². The lowest BCUT2D eigenvalue weighted by atomic mass is 10.1. The summed E-state index contributed by atoms with van der Waals surface area (Å²) in [4.78, 5) is 0. The van der Waals surface area contributed by atoms with Crippen LogP contribution in [0.5, 0.6) is 5.75 Å². The Bertz CT molecular complexity index is 576. The Balaban J connectivity index is 2.73. The lowest BCUT2D eigenvalue weighted by molar-refractivity contribution is -0.274. The van der Waals surface area contributed by atoms with Crippen LogP contribution in [-0.4, -0.2) is 31.4 Å². The molecule has 0 heterocycles. The summed E-state index contributed by atoms with van der Waals surface area (Å²) in [6, 6.07) is 4.42. The minimum atomic E-state index is -4.80. The van der Waals surface area contributed by atoms with Gasteiger partial charge in [-0.3, -0.25) is 0 Å². The highest BCUT2D eigenvalue weighted by atomic mass is 32.2. The standard InChI is InChI=1S/C13H15F3O4S/c1-2-3-8-21(18,19)9-12(17)10-4-6-11(7-5-10)20-13(14,15)16/h2-7,12,17H,8-9H2,1H3. The minimum absolute atomic E-state index is 0.199. The summed E-state index contributed by atoms with van der Waals surface area (Å²) in [6.07, 6.45) is -3.08. The number of allylic oxidation sites excluding steroid dienone is 1. The molecule has 1 aromatic carbocycles. The Hall–Kier alpha value is -1.54. The number of aliphatic hydroxyl groups is 1. The maximum atomic E-state index is 12.0. The second-order valence-corrected chi connectivity index (χ2v) is 6.43. The number of sulfone groups is 1. The number of ether oxygens (including phenoxy) is 1. The lowest BCUT2D eigenvalue weighted by Gasteiger charge is -2.12. The lowest BCUT2D eigenvalue weighted by Crippen LogP contribution is -2.18. The molecule has 0 bridgehead atoms. The van der Waals surface area contributed by atoms with Crippen LogP contribution < -0.4 is 4.74 Å². The first-order chi connectivity index (χ1) is 9.63. The Labute approximate surface area is 120 Å². The van der Waals surface area contributed by atoms with Crippen LogP contribution in [0.4, 0.5) is 13.2 Å². The fourth-order valence-corrected chi connectivity index (χ4v) is 2.83. The molecule has 8 heteroatoms. The molecule has 0 aliphatic rings. The third-order valence-electron chi connectivity index (χ3n) is 2.50. The molecule has 0 fully saturated rings. The average Bonchev–Trinajstić information content (AvgIpc) is 2.35. The van der Waals surface area contributed by atoms with Crippen LogP contribution >= 0.6 is 0 Å². The predicted molar refractivity (Wildman–Crippen MR) is 71.6 cm³/mol. The molecule has 1 aromatic rings. The van der Waals surface area contributed by atoms with Crippen molar-refractivity contribution in [3.8, 4) is 5.75 Å². The Kier molecular flexibility index (Phi) is 5.79. The van der Waals surface area contributed by atoms with E-state index in [9.17, 15) is 26.7 Å². The highest BCUT2D eigenvalue weighted by Gasteiger charge is 2.31. The molecule has 1 N–H and O–H groups in total. The van der Waals surface area contributed by atoms with Crippen molar-refractivity contribution in [2.45, 2.75) is 19.4 Å². The van der Waals surface area contributed by atoms with E-state index < -0.39 is 33.8 Å². The number of alkyl halides is 3. The largest absolute Gasteiger partial charge is 0.573 e. The zero-order valence-corrected chi connectivity index (χ0v) is 12.0. The topological polar surface area (TPSA) is 63.6 Å². The van der Waals surface area contributed by atoms with Crippen LogP contribution in [0.2, 0.25) is 0 Å². The minimum Gasteiger partial charge on any atom is -0.406 e. The van der Waals surface area contributed by atoms with Crippen molar-refractivity contribution in [1.29, 1.82) is 0 Å². The molecule has 118 valence electrons. The van der Waals surface area contributed by atoms with Crippen LogP contribution in [-0.2, 0) is 9.84 Å². The molecule has 1 rings (SSSR count). The molecule has 0 radical (unpaired) electrons. The quantitative estimate of drug-likeness (QED) is 0.817. The summed E-state index contributed by atoms with van der Waals surface area (Å²) in [6.45, 7) is 1.67. The fraction of sp³-hybridized carbons (Fsp3) is 0.385. The highest BCUT2D eigenvalue weighted by molar-refractivity contribution is 7.91. The van der Waals surface area contributed by atoms with Gasteiger partial charge in [0.05, 0.1) is 17.6 Å². The van der Waals surface area contributed by atoms with Gasteiger partial charge in [-0.25, -0.2) is 8.42 Å². The van der Waals surface area contributed by atoms with Crippen LogP contribution in [0.25, 0.3) is 0 Å². The maximum absolute atomic E-state index is 12.0. The number of hydrogen-bond acceptors (Lipinski definition) is 4. The van der Waals surface area contributed by atoms with Crippen molar-refractivity contribution in [3.63, 3.8) is 0 Å². The van der Waals surface area contributed by atoms with Crippen molar-refractivity contribution in [2.24, 2.45) is 0 Å². The molecule has 0 spiro atoms. The van der Waals surface area contributed by atoms with E-state index in [2.05, 4.69) is 4.74 Å². The van der Waals surface area contributed by atoms with Crippen molar-refractivity contribution in [3.05, 3.63) is 42.0 Å². The third kappa shape index (κ3) is 6.63. The van der Waals surface area contributed by atoms with E-state index in [1.807, 2.05) is 0 Å². The molecule has 0 aliphatic carbocycles. The molecular weight excluding hydrogens is 309 g/mol. The number of aliphatic hydroxyl groups excluding tert-OH is 1. The molecule has 0 saturated heterocycles. The van der Waals surface area contributed by atoms with Gasteiger partial charge >= 0.3 is 6.36 Å². The van der Waals surface area contributed by atoms with Crippen LogP contribution in [0.1, 0.15) is 18.6 Å². The Morgan fingerprint density at radius 2 is 1.86 bits per heavy atom. The van der Waals surface area contributed by atoms with Gasteiger partial charge in [-0.2, -0.15) is 0 Å². The molecule has 0 saturated carbocycles. The molecule has 0 amide bonds. The van der Waals surface area contributed by atoms with E-state index in [-0.39, 0.29) is 11.3 Å². The first kappa shape index (κ1) is 17.5. The highest BCUT2D eigenvalue weighted by Crippen LogP contribution is 2.24. The summed E-state index contributed by atoms with van der Waals surface area (Å²) < 4.78 is 62.9. The molecule has 0 aromatic heterocycles. The van der Waals surface area contributed by atoms with Crippen LogP contribution in [0.15, 0.2) is 36.4 Å². The van der Waals surface area contributed by atoms with Crippen molar-refractivity contribution in [2.75, 3.05) is 11.5 Å². The third-order valence-corrected chi connectivity index (χ3v) is 4.02. The van der Waals surface area contributed by atoms with Gasteiger partial charge in [-0.1, -0.05) is 24.3 Å². The summed E-state index contributed by atoms with van der Waals surface area (Å²) in [7, 11) is -3.48. The number of hydrogen-bond donors (Lipinski definition) is 1. The van der Waals surface area contributed by atoms with Gasteiger partial charge in [0, 0.05) is 0 Å². The van der Waals surface area contributed by atoms with E-state index in [0.717, 1.165) is 12.1 Å². The van der Waals surface area contributed by atoms with Gasteiger partial charge in [-0.05, 0) is 24.6 Å². The zero-order valence-electron chi connectivity index (χ0n) is 11.2. The summed E-state index contributed by atoms with van der Waals surface area (Å²) in [5.74, 6) is -1.14. The number of rotatable bonds is 6. The smallest absolute Gasteiger partial charge is 0.406 e. The van der Waals surface area contributed by atoms with Gasteiger partial charge in [0.25, 0.3) is 0 Å². The van der Waals surface area contributed by atoms with Crippen molar-refractivity contribution < 1.29 is 31.4 Å². The molecule has 21 heavy (non-hydrogen) atoms. The summed E-state index contributed by atoms with van der Waals surface area (Å²) in [5.41, 5.74) is 0.202. The van der Waals surface area contributed by atoms with Gasteiger partial charge in [0.15, 0.2) is 9.84 Å². The van der Waals surface area contributed by atoms with E-state index in [1.165, 1.54) is 18.2 Å². The molecular formula is C13H15F3O4S. The summed E-state index contributed by atoms with van der Waals surface area (Å²) in [5, 5.41) is 9.81. The predicted octanol–water partition coefficient (Wildman–Crippen LogP) is 2.61. The molecule has 1 atom stereocenters. The Morgan fingerprint density at radius 1 is 1.29 bits per heavy atom. The zero-order chi connectivity index (χ0) is 16.1. The van der Waals surface area contributed by atoms with Crippen molar-refractivity contribution in [1.82, 2.24) is 0 Å². The maximum Gasteiger partial charge on any atom is 0.573 e. The van der Waals surface area contributed by atoms with Crippen LogP contribution in [0, 0.1) is 0 Å². The second kappa shape index (κ2) is 6.95. The Morgan fingerprint density at radius 3 is 2.33 bits per heavy atom. The first-order valence-corrected chi connectivity index (χ1v) is 7.80. The van der Waals surface area contributed by atoms with Gasteiger partial charge in [-0.15, -0.1) is 13.2 Å². The van der Waals surface area contributed by atoms with E-state index in [4.69, 9.17) is 0 Å². The van der Waals surface area contributed by atoms with Gasteiger partial charge in [0.1, 0.15) is 5.75 Å². The second-order valence-electron chi connectivity index (χ2n) is 4.28. The molecule has 4 nitrogen and oxygen atoms in total. The fourth-order valence-electron chi connectivity index (χ4n) is 1.54. The SMILES string of the molecule is CC=CCS(=O)(=O)CC(O)c1ccc(OC(F)(F)F)cc1. The molecule has 1 unspecified atom stereocenters. The molecule has 0 aliphatic heterocycles. The number of halogens is 3. The van der Waals surface area contributed by atoms with Crippen LogP contribution in [0.3, 0.4) is 0 Å². The average molecular weight is 324 g/mol. The first-order valence-electron chi connectivity index (χ1n) is 5.98. The number of benzene rings is 1. The van der Waals surface area contributed by atoms with Crippen molar-refractivity contribution >= 4 is 9.84 Å². The normalized spacial score (nSPS) is 14.3. The van der Waals surface area contributed by atoms with Gasteiger partial charge < -0.3 is 9.84 Å². The summed E-state index contributed by atoms with van der Waals surface area (Å²) >= 11 is 0.